The van der Waals surface area contributed by atoms with Crippen LogP contribution in [0.15, 0.2) is 40.8 Å². The smallest absolute Gasteiger partial charge is 0.402 e. The molecule has 0 unspecified atom stereocenters. The van der Waals surface area contributed by atoms with Gasteiger partial charge in [-0.3, -0.25) is 4.79 Å². The highest BCUT2D eigenvalue weighted by Crippen LogP contribution is 2.42. The number of benzene rings is 2. The highest BCUT2D eigenvalue weighted by molar-refractivity contribution is 5.88. The van der Waals surface area contributed by atoms with Crippen molar-refractivity contribution in [3.63, 3.8) is 0 Å². The van der Waals surface area contributed by atoms with Crippen molar-refractivity contribution < 1.29 is 78.9 Å². The molecule has 2 fully saturated rings. The summed E-state index contributed by atoms with van der Waals surface area (Å²) in [5.74, 6) is -2.74. The van der Waals surface area contributed by atoms with Gasteiger partial charge >= 0.3 is 17.3 Å². The minimum absolute atomic E-state index is 0.00768. The zero-order valence-electron chi connectivity index (χ0n) is 23.8. The van der Waals surface area contributed by atoms with Gasteiger partial charge in [-0.2, -0.15) is 0 Å². The van der Waals surface area contributed by atoms with Crippen LogP contribution in [0.5, 0.6) is 28.7 Å². The molecule has 0 amide bonds. The molecule has 2 aliphatic rings. The summed E-state index contributed by atoms with van der Waals surface area (Å²) in [5.41, 5.74) is 0.143. The molecule has 2 aromatic carbocycles. The predicted octanol–water partition coefficient (Wildman–Crippen LogP) is -0.195. The molecule has 16 heteroatoms. The molecule has 5 rings (SSSR count). The third-order valence-corrected chi connectivity index (χ3v) is 7.47. The van der Waals surface area contributed by atoms with Crippen molar-refractivity contribution in [2.75, 3.05) is 6.61 Å². The normalized spacial score (nSPS) is 31.9. The lowest BCUT2D eigenvalue weighted by molar-refractivity contribution is -0.319. The lowest BCUT2D eigenvalue weighted by Gasteiger charge is -2.43. The summed E-state index contributed by atoms with van der Waals surface area (Å²) in [6, 6.07) is 7.19. The highest BCUT2D eigenvalue weighted by atomic mass is 16.7. The van der Waals surface area contributed by atoms with Crippen molar-refractivity contribution in [2.24, 2.45) is 0 Å². The SMILES string of the molecule is CC(=O)O[C@@H]1[C@@H](O)[C@H](C)O[C@@H](OC[C@H]2O[C@@H](Oc3cc4c(O)cc(O)cc4[o+]c3-c3ccc(O)c(O)c3)[C@H](O)[C@@H](O)[C@@H]2O)[C@@H]1O. The van der Waals surface area contributed by atoms with E-state index in [0.29, 0.717) is 0 Å². The van der Waals surface area contributed by atoms with E-state index in [2.05, 4.69) is 0 Å². The van der Waals surface area contributed by atoms with E-state index in [4.69, 9.17) is 28.1 Å². The minimum atomic E-state index is -1.85. The Labute approximate surface area is 254 Å². The number of aliphatic hydroxyl groups is 5. The van der Waals surface area contributed by atoms with Gasteiger partial charge in [0.2, 0.25) is 12.0 Å². The maximum Gasteiger partial charge on any atom is 0.402 e. The van der Waals surface area contributed by atoms with Crippen LogP contribution in [0.4, 0.5) is 0 Å². The Morgan fingerprint density at radius 3 is 2.24 bits per heavy atom. The van der Waals surface area contributed by atoms with Crippen molar-refractivity contribution in [1.29, 1.82) is 0 Å². The second-order valence-electron chi connectivity index (χ2n) is 10.8. The summed E-state index contributed by atoms with van der Waals surface area (Å²) in [5, 5.41) is 93.2. The molecule has 1 aromatic heterocycles. The number of fused-ring (bicyclic) bond motifs is 1. The molecule has 3 aromatic rings. The highest BCUT2D eigenvalue weighted by Gasteiger charge is 2.49. The molecule has 16 nitrogen and oxygen atoms in total. The van der Waals surface area contributed by atoms with Crippen LogP contribution >= 0.6 is 0 Å². The molecule has 244 valence electrons. The van der Waals surface area contributed by atoms with Crippen molar-refractivity contribution >= 4 is 16.9 Å². The lowest BCUT2D eigenvalue weighted by atomic mass is 9.98. The van der Waals surface area contributed by atoms with E-state index in [1.54, 1.807) is 0 Å². The van der Waals surface area contributed by atoms with Crippen LogP contribution in [0, 0.1) is 0 Å². The van der Waals surface area contributed by atoms with Gasteiger partial charge in [-0.05, 0) is 19.1 Å². The largest absolute Gasteiger partial charge is 0.507 e. The maximum atomic E-state index is 11.5. The monoisotopic (exact) mass is 637 g/mol. The molecule has 10 atom stereocenters. The number of carbonyl (C=O) groups is 1. The molecule has 2 saturated heterocycles. The quantitative estimate of drug-likeness (QED) is 0.0923. The molecule has 2 aliphatic heterocycles. The van der Waals surface area contributed by atoms with Crippen LogP contribution in [0.3, 0.4) is 0 Å². The van der Waals surface area contributed by atoms with Crippen LogP contribution in [0.1, 0.15) is 13.8 Å². The van der Waals surface area contributed by atoms with E-state index in [0.717, 1.165) is 19.1 Å². The minimum Gasteiger partial charge on any atom is -0.507 e. The Balaban J connectivity index is 1.41. The van der Waals surface area contributed by atoms with E-state index < -0.39 is 91.2 Å². The Bertz CT molecular complexity index is 1550. The van der Waals surface area contributed by atoms with Crippen LogP contribution in [0.25, 0.3) is 22.3 Å². The van der Waals surface area contributed by atoms with Crippen LogP contribution in [0.2, 0.25) is 0 Å². The fraction of sp³-hybridized carbons (Fsp3) is 0.448. The second-order valence-corrected chi connectivity index (χ2v) is 10.8. The standard InChI is InChI=1S/C29H32O16/c1-10-21(35)27(42-11(2)30)25(39)28(41-10)40-9-20-22(36)23(37)24(38)29(45-20)44-19-8-14-16(33)6-13(31)7-18(14)43-26(19)12-3-4-15(32)17(34)5-12/h3-8,10,20-25,27-29,35-39H,9H2,1-2H3,(H3-,31,32,33,34)/p+1/t10-,20+,21-,22+,23-,24+,25+,27+,28+,29+/m0/s1. The Morgan fingerprint density at radius 2 is 1.56 bits per heavy atom. The second kappa shape index (κ2) is 12.8. The fourth-order valence-corrected chi connectivity index (χ4v) is 5.07. The first-order chi connectivity index (χ1) is 21.2. The van der Waals surface area contributed by atoms with Crippen LogP contribution in [-0.2, 0) is 23.7 Å². The number of carbonyl (C=O) groups excluding carboxylic acids is 1. The number of rotatable bonds is 7. The lowest BCUT2D eigenvalue weighted by Crippen LogP contribution is -2.62. The summed E-state index contributed by atoms with van der Waals surface area (Å²) in [4.78, 5) is 11.5. The summed E-state index contributed by atoms with van der Waals surface area (Å²) < 4.78 is 33.6. The van der Waals surface area contributed by atoms with Gasteiger partial charge < -0.3 is 69.6 Å². The van der Waals surface area contributed by atoms with Gasteiger partial charge in [-0.25, -0.2) is 4.42 Å². The van der Waals surface area contributed by atoms with Crippen molar-refractivity contribution in [2.45, 2.75) is 75.3 Å². The van der Waals surface area contributed by atoms with Crippen molar-refractivity contribution in [1.82, 2.24) is 0 Å². The zero-order chi connectivity index (χ0) is 32.7. The van der Waals surface area contributed by atoms with Crippen LogP contribution in [-0.4, -0.2) is 120 Å². The Kier molecular flexibility index (Phi) is 9.20. The third-order valence-electron chi connectivity index (χ3n) is 7.47. The first-order valence-corrected chi connectivity index (χ1v) is 13.8. The molecule has 0 radical (unpaired) electrons. The van der Waals surface area contributed by atoms with E-state index in [-0.39, 0.29) is 33.8 Å². The van der Waals surface area contributed by atoms with Gasteiger partial charge in [0.25, 0.3) is 0 Å². The number of aliphatic hydroxyl groups excluding tert-OH is 5. The number of hydrogen-bond acceptors (Lipinski definition) is 15. The first-order valence-electron chi connectivity index (χ1n) is 13.8. The van der Waals surface area contributed by atoms with Gasteiger partial charge in [0.05, 0.1) is 24.3 Å². The number of hydrogen-bond donors (Lipinski definition) is 9. The van der Waals surface area contributed by atoms with Gasteiger partial charge in [-0.1, -0.05) is 0 Å². The molecule has 45 heavy (non-hydrogen) atoms. The van der Waals surface area contributed by atoms with E-state index >= 15 is 0 Å². The van der Waals surface area contributed by atoms with Crippen molar-refractivity contribution in [3.8, 4) is 40.1 Å². The van der Waals surface area contributed by atoms with E-state index in [1.807, 2.05) is 0 Å². The van der Waals surface area contributed by atoms with Crippen molar-refractivity contribution in [3.05, 3.63) is 36.4 Å². The zero-order valence-corrected chi connectivity index (χ0v) is 23.8. The number of ether oxygens (including phenoxy) is 5. The number of esters is 1. The van der Waals surface area contributed by atoms with Gasteiger partial charge in [0, 0.05) is 25.1 Å². The Hall–Kier alpha value is -4.00. The van der Waals surface area contributed by atoms with E-state index in [9.17, 15) is 50.8 Å². The first kappa shape index (κ1) is 32.4. The molecular formula is C29H33O16+. The van der Waals surface area contributed by atoms with Gasteiger partial charge in [0.15, 0.2) is 23.9 Å². The summed E-state index contributed by atoms with van der Waals surface area (Å²) in [6.45, 7) is 2.00. The van der Waals surface area contributed by atoms with Gasteiger partial charge in [-0.15, -0.1) is 0 Å². The summed E-state index contributed by atoms with van der Waals surface area (Å²) >= 11 is 0. The third kappa shape index (κ3) is 6.54. The molecule has 0 aliphatic carbocycles. The average Bonchev–Trinajstić information content (AvgIpc) is 2.98. The van der Waals surface area contributed by atoms with Crippen LogP contribution < -0.4 is 4.74 Å². The molecule has 3 heterocycles. The molecule has 0 spiro atoms. The summed E-state index contributed by atoms with van der Waals surface area (Å²) in [6.07, 6.45) is -15.3. The topological polar surface area (TPSA) is 257 Å². The molecule has 0 saturated carbocycles. The molecular weight excluding hydrogens is 604 g/mol. The number of phenols is 4. The maximum absolute atomic E-state index is 11.5. The summed E-state index contributed by atoms with van der Waals surface area (Å²) in [7, 11) is 0. The average molecular weight is 638 g/mol. The van der Waals surface area contributed by atoms with Gasteiger partial charge in [0.1, 0.15) is 53.5 Å². The Morgan fingerprint density at radius 1 is 0.822 bits per heavy atom. The molecule has 0 bridgehead atoms. The van der Waals surface area contributed by atoms with E-state index in [1.165, 1.54) is 31.2 Å². The predicted molar refractivity (Wildman–Crippen MR) is 148 cm³/mol. The molecule has 9 N–H and O–H groups in total. The number of phenolic OH excluding ortho intramolecular Hbond substituents is 4. The fourth-order valence-electron chi connectivity index (χ4n) is 5.07. The number of aromatic hydroxyl groups is 4.